The molecule has 0 bridgehead atoms. The molecule has 342 valence electrons. The fourth-order valence-corrected chi connectivity index (χ4v) is 7.71. The zero-order valence-electron chi connectivity index (χ0n) is 36.9. The van der Waals surface area contributed by atoms with Crippen molar-refractivity contribution in [2.75, 3.05) is 24.7 Å². The van der Waals surface area contributed by atoms with Crippen molar-refractivity contribution in [3.8, 4) is 0 Å². The van der Waals surface area contributed by atoms with Crippen molar-refractivity contribution < 1.29 is 134 Å². The predicted molar refractivity (Wildman–Crippen MR) is 220 cm³/mol. The number of hydrogen-bond donors (Lipinski definition) is 3. The summed E-state index contributed by atoms with van der Waals surface area (Å²) < 4.78 is 110. The standard InChI is InChI=1S/C32H40O8S.C11H22O8S.2Na/c1-3-24(2)19-39-32-31(38-22-27-17-11-6-12-18-27)30(37-21-26-15-9-5-10-16-26)29(28(40-32)23-41(33,34)35)36-20-25-13-7-4-8-14-25;1-3-6(2)4-18-11-10(14)9(13)8(12)7(19-11)5-20(15,16)17;;/h4-18,24,28-32H,3,19-23H2,1-2H3,(H,33,34,35);6-14H,3-5H2,1-2H3,(H,15,16,17);;/q;;2*+1/p-2. The molecule has 3 aromatic carbocycles. The molecule has 0 radical (unpaired) electrons. The van der Waals surface area contributed by atoms with Gasteiger partial charge in [0.2, 0.25) is 0 Å². The van der Waals surface area contributed by atoms with Gasteiger partial charge in [0.1, 0.15) is 48.8 Å². The number of aliphatic hydroxyl groups excluding tert-OH is 3. The minimum absolute atomic E-state index is 0. The maximum Gasteiger partial charge on any atom is 1.00 e. The third-order valence-corrected chi connectivity index (χ3v) is 11.8. The van der Waals surface area contributed by atoms with E-state index in [1.807, 2.05) is 105 Å². The van der Waals surface area contributed by atoms with E-state index >= 15 is 0 Å². The first-order valence-corrected chi connectivity index (χ1v) is 23.5. The largest absolute Gasteiger partial charge is 1.00 e. The summed E-state index contributed by atoms with van der Waals surface area (Å²) in [7, 11) is -9.31. The molecule has 2 aliphatic rings. The molecule has 20 heteroatoms. The summed E-state index contributed by atoms with van der Waals surface area (Å²) in [5.74, 6) is -1.38. The Morgan fingerprint density at radius 1 is 0.524 bits per heavy atom. The topological polar surface area (TPSA) is 240 Å². The van der Waals surface area contributed by atoms with Gasteiger partial charge < -0.3 is 57.6 Å². The van der Waals surface area contributed by atoms with Gasteiger partial charge in [-0.05, 0) is 28.5 Å². The summed E-state index contributed by atoms with van der Waals surface area (Å²) in [4.78, 5) is 0. The molecule has 2 aliphatic heterocycles. The number of aliphatic hydroxyl groups is 3. The minimum atomic E-state index is -4.67. The van der Waals surface area contributed by atoms with Gasteiger partial charge in [-0.1, -0.05) is 132 Å². The summed E-state index contributed by atoms with van der Waals surface area (Å²) in [6.45, 7) is 9.19. The molecule has 63 heavy (non-hydrogen) atoms. The van der Waals surface area contributed by atoms with E-state index in [4.69, 9.17) is 33.2 Å². The SMILES string of the molecule is CCC(C)COC1OC(CS(=O)(=O)[O-])C(O)C(O)C1O.CCC(C)COC1OC(CS(=O)(=O)[O-])C(OCc2ccccc2)C(OCc2ccccc2)C1OCc1ccccc1.[Na+].[Na+]. The molecule has 12 atom stereocenters. The Morgan fingerprint density at radius 2 is 0.889 bits per heavy atom. The molecule has 5 rings (SSSR count). The van der Waals surface area contributed by atoms with Gasteiger partial charge in [-0.3, -0.25) is 0 Å². The van der Waals surface area contributed by atoms with Crippen molar-refractivity contribution in [1.29, 1.82) is 0 Å². The number of ether oxygens (including phenoxy) is 7. The first-order chi connectivity index (χ1) is 29.0. The summed E-state index contributed by atoms with van der Waals surface area (Å²) in [6.07, 6.45) is -10.4. The van der Waals surface area contributed by atoms with Crippen LogP contribution < -0.4 is 59.1 Å². The van der Waals surface area contributed by atoms with Gasteiger partial charge in [-0.25, -0.2) is 16.8 Å². The van der Waals surface area contributed by atoms with Crippen molar-refractivity contribution in [2.24, 2.45) is 11.8 Å². The second kappa shape index (κ2) is 29.1. The monoisotopic (exact) mass is 942 g/mol. The smallest absolute Gasteiger partial charge is 0.748 e. The van der Waals surface area contributed by atoms with Crippen LogP contribution in [0.15, 0.2) is 91.0 Å². The Bertz CT molecular complexity index is 1900. The maximum atomic E-state index is 12.0. The van der Waals surface area contributed by atoms with Gasteiger partial charge in [0.15, 0.2) is 12.6 Å². The molecule has 0 aromatic heterocycles. The van der Waals surface area contributed by atoms with E-state index in [1.54, 1.807) is 0 Å². The molecule has 0 spiro atoms. The molecule has 3 aromatic rings. The number of benzene rings is 3. The van der Waals surface area contributed by atoms with Crippen LogP contribution in [0, 0.1) is 11.8 Å². The van der Waals surface area contributed by atoms with E-state index in [1.165, 1.54) is 0 Å². The van der Waals surface area contributed by atoms with Crippen LogP contribution in [0.4, 0.5) is 0 Å². The summed E-state index contributed by atoms with van der Waals surface area (Å²) in [5, 5.41) is 29.0. The zero-order chi connectivity index (χ0) is 44.6. The van der Waals surface area contributed by atoms with Gasteiger partial charge in [-0.2, -0.15) is 0 Å². The van der Waals surface area contributed by atoms with Crippen LogP contribution in [0.3, 0.4) is 0 Å². The molecule has 0 aliphatic carbocycles. The quantitative estimate of drug-likeness (QED) is 0.0738. The number of hydrogen-bond acceptors (Lipinski definition) is 16. The van der Waals surface area contributed by atoms with Crippen molar-refractivity contribution in [2.45, 2.75) is 122 Å². The summed E-state index contributed by atoms with van der Waals surface area (Å²) in [5.41, 5.74) is 2.75. The van der Waals surface area contributed by atoms with Crippen molar-refractivity contribution in [1.82, 2.24) is 0 Å². The van der Waals surface area contributed by atoms with Crippen molar-refractivity contribution in [3.05, 3.63) is 108 Å². The maximum absolute atomic E-state index is 12.0. The van der Waals surface area contributed by atoms with E-state index in [2.05, 4.69) is 13.8 Å². The Kier molecular flexibility index (Phi) is 26.9. The van der Waals surface area contributed by atoms with E-state index in [0.29, 0.717) is 6.61 Å². The Morgan fingerprint density at radius 3 is 1.30 bits per heavy atom. The second-order valence-electron chi connectivity index (χ2n) is 15.5. The Balaban J connectivity index is 0.000000526. The predicted octanol–water partition coefficient (Wildman–Crippen LogP) is -2.51. The molecular formula is C43H60Na2O16S2. The molecule has 2 saturated heterocycles. The zero-order valence-corrected chi connectivity index (χ0v) is 42.6. The fourth-order valence-electron chi connectivity index (χ4n) is 6.36. The molecular weight excluding hydrogens is 883 g/mol. The van der Waals surface area contributed by atoms with Crippen LogP contribution in [-0.4, -0.2) is 127 Å². The van der Waals surface area contributed by atoms with Gasteiger partial charge in [0.25, 0.3) is 0 Å². The van der Waals surface area contributed by atoms with Gasteiger partial charge >= 0.3 is 59.1 Å². The van der Waals surface area contributed by atoms with Crippen LogP contribution in [0.25, 0.3) is 0 Å². The van der Waals surface area contributed by atoms with Crippen LogP contribution in [-0.2, 0) is 73.2 Å². The Hall–Kier alpha value is -0.920. The van der Waals surface area contributed by atoms with Gasteiger partial charge in [0, 0.05) is 0 Å². The fraction of sp³-hybridized carbons (Fsp3) is 0.581. The van der Waals surface area contributed by atoms with Crippen LogP contribution in [0.1, 0.15) is 57.2 Å². The average molecular weight is 943 g/mol. The summed E-state index contributed by atoms with van der Waals surface area (Å²) in [6, 6.07) is 28.8. The number of rotatable bonds is 21. The minimum Gasteiger partial charge on any atom is -0.748 e. The van der Waals surface area contributed by atoms with E-state index in [-0.39, 0.29) is 97.4 Å². The Labute approximate surface area is 416 Å². The average Bonchev–Trinajstić information content (AvgIpc) is 3.23. The van der Waals surface area contributed by atoms with E-state index < -0.39 is 93.2 Å². The first-order valence-electron chi connectivity index (χ1n) is 20.4. The molecule has 2 heterocycles. The van der Waals surface area contributed by atoms with Gasteiger partial charge in [-0.15, -0.1) is 0 Å². The van der Waals surface area contributed by atoms with Gasteiger partial charge in [0.05, 0.1) is 64.8 Å². The molecule has 0 amide bonds. The van der Waals surface area contributed by atoms with E-state index in [0.717, 1.165) is 29.5 Å². The van der Waals surface area contributed by atoms with Crippen molar-refractivity contribution >= 4 is 20.2 Å². The molecule has 16 nitrogen and oxygen atoms in total. The van der Waals surface area contributed by atoms with Crippen LogP contribution >= 0.6 is 0 Å². The molecule has 0 saturated carbocycles. The third kappa shape index (κ3) is 20.5. The van der Waals surface area contributed by atoms with Crippen LogP contribution in [0.2, 0.25) is 0 Å². The molecule has 3 N–H and O–H groups in total. The molecule has 12 unspecified atom stereocenters. The normalized spacial score (nSPS) is 27.1. The first kappa shape index (κ1) is 58.2. The second-order valence-corrected chi connectivity index (χ2v) is 18.4. The summed E-state index contributed by atoms with van der Waals surface area (Å²) >= 11 is 0. The van der Waals surface area contributed by atoms with Crippen LogP contribution in [0.5, 0.6) is 0 Å². The third-order valence-electron chi connectivity index (χ3n) is 10.3. The van der Waals surface area contributed by atoms with E-state index in [9.17, 15) is 41.3 Å². The molecule has 2 fully saturated rings. The van der Waals surface area contributed by atoms with Crippen molar-refractivity contribution in [3.63, 3.8) is 0 Å².